The van der Waals surface area contributed by atoms with Crippen molar-refractivity contribution in [3.8, 4) is 0 Å². The Morgan fingerprint density at radius 3 is 2.31 bits per heavy atom. The number of carbonyl (C=O) groups excluding carboxylic acids is 2. The molecular formula is C48H61N3O7. The van der Waals surface area contributed by atoms with Crippen LogP contribution in [0.15, 0.2) is 88.5 Å². The fraction of sp³-hybridized carbons (Fsp3) is 0.583. The molecule has 0 aromatic heterocycles. The van der Waals surface area contributed by atoms with Crippen molar-refractivity contribution in [3.63, 3.8) is 0 Å². The first-order valence-electron chi connectivity index (χ1n) is 21.2. The van der Waals surface area contributed by atoms with E-state index in [0.29, 0.717) is 24.0 Å². The molecule has 3 fully saturated rings. The first-order chi connectivity index (χ1) is 27.2. The second-order valence-electron chi connectivity index (χ2n) is 20.0. The Morgan fingerprint density at radius 2 is 1.67 bits per heavy atom. The molecule has 58 heavy (non-hydrogen) atoms. The van der Waals surface area contributed by atoms with Crippen LogP contribution in [-0.2, 0) is 14.4 Å². The molecule has 8 N–H and O–H groups in total. The molecule has 0 heterocycles. The third-order valence-corrected chi connectivity index (χ3v) is 17.3. The van der Waals surface area contributed by atoms with E-state index in [1.807, 2.05) is 69.3 Å². The molecular weight excluding hydrogens is 731 g/mol. The summed E-state index contributed by atoms with van der Waals surface area (Å²) in [6, 6.07) is 9.16. The molecule has 1 aromatic rings. The van der Waals surface area contributed by atoms with Crippen molar-refractivity contribution in [1.29, 1.82) is 0 Å². The lowest BCUT2D eigenvalue weighted by Crippen LogP contribution is -2.71. The Morgan fingerprint density at radius 1 is 1.00 bits per heavy atom. The van der Waals surface area contributed by atoms with Crippen LogP contribution in [0.2, 0.25) is 0 Å². The number of Topliss-reactive ketones (excluding diaryl/α,β-unsaturated/α-hetero) is 2. The maximum absolute atomic E-state index is 15.8. The number of allylic oxidation sites excluding steroid dienone is 2. The Hall–Kier alpha value is -4.12. The van der Waals surface area contributed by atoms with Crippen molar-refractivity contribution >= 4 is 29.6 Å². The number of nitrogens with two attached hydrogens (primary N) is 2. The van der Waals surface area contributed by atoms with Gasteiger partial charge in [0.2, 0.25) is 0 Å². The smallest absolute Gasteiger partial charge is 0.331 e. The van der Waals surface area contributed by atoms with Gasteiger partial charge in [0.1, 0.15) is 11.4 Å². The molecule has 7 aliphatic rings. The summed E-state index contributed by atoms with van der Waals surface area (Å²) >= 11 is 0. The minimum absolute atomic E-state index is 0.0212. The predicted octanol–water partition coefficient (Wildman–Crippen LogP) is 6.07. The zero-order valence-electron chi connectivity index (χ0n) is 34.7. The maximum Gasteiger partial charge on any atom is 0.331 e. The molecule has 0 aliphatic heterocycles. The van der Waals surface area contributed by atoms with Gasteiger partial charge in [-0.3, -0.25) is 9.59 Å². The summed E-state index contributed by atoms with van der Waals surface area (Å²) in [4.78, 5) is 46.4. The average Bonchev–Trinajstić information content (AvgIpc) is 3.75. The lowest BCUT2D eigenvalue weighted by molar-refractivity contribution is -0.175. The molecule has 0 bridgehead atoms. The minimum atomic E-state index is -1.73. The van der Waals surface area contributed by atoms with E-state index >= 15 is 4.79 Å². The number of nitrogens with zero attached hydrogens (tertiary/aromatic N) is 1. The monoisotopic (exact) mass is 791 g/mol. The molecule has 12 atom stereocenters. The summed E-state index contributed by atoms with van der Waals surface area (Å²) in [7, 11) is 0. The quantitative estimate of drug-likeness (QED) is 0.0822. The van der Waals surface area contributed by atoms with Crippen LogP contribution in [0.3, 0.4) is 0 Å². The highest BCUT2D eigenvalue weighted by Gasteiger charge is 2.84. The number of aliphatic carboxylic acids is 1. The molecule has 1 spiro atoms. The van der Waals surface area contributed by atoms with E-state index in [4.69, 9.17) is 11.5 Å². The first-order valence-corrected chi connectivity index (χ1v) is 21.2. The van der Waals surface area contributed by atoms with Gasteiger partial charge in [-0.05, 0) is 73.6 Å². The molecule has 1 aromatic carbocycles. The van der Waals surface area contributed by atoms with Gasteiger partial charge in [-0.25, -0.2) is 9.79 Å². The highest BCUT2D eigenvalue weighted by Crippen LogP contribution is 2.84. The third kappa shape index (κ3) is 5.06. The highest BCUT2D eigenvalue weighted by atomic mass is 16.4. The van der Waals surface area contributed by atoms with E-state index in [-0.39, 0.29) is 41.9 Å². The van der Waals surface area contributed by atoms with E-state index in [2.05, 4.69) is 24.9 Å². The lowest BCUT2D eigenvalue weighted by atomic mass is 9.33. The largest absolute Gasteiger partial charge is 0.478 e. The van der Waals surface area contributed by atoms with Crippen LogP contribution >= 0.6 is 0 Å². The number of fused-ring (bicyclic) bond motifs is 3. The Bertz CT molecular complexity index is 2120. The number of aliphatic hydroxyl groups excluding tert-OH is 1. The van der Waals surface area contributed by atoms with Crippen LogP contribution in [0.5, 0.6) is 0 Å². The summed E-state index contributed by atoms with van der Waals surface area (Å²) in [5.74, 6) is -3.55. The van der Waals surface area contributed by atoms with E-state index in [0.717, 1.165) is 31.2 Å². The number of rotatable bonds is 7. The zero-order valence-corrected chi connectivity index (χ0v) is 34.7. The van der Waals surface area contributed by atoms with Crippen molar-refractivity contribution in [2.24, 2.45) is 73.1 Å². The van der Waals surface area contributed by atoms with Crippen molar-refractivity contribution in [3.05, 3.63) is 89.1 Å². The molecule has 10 heteroatoms. The van der Waals surface area contributed by atoms with Crippen LogP contribution in [0.25, 0.3) is 6.08 Å². The number of hydrogen-bond donors (Lipinski definition) is 6. The van der Waals surface area contributed by atoms with Crippen molar-refractivity contribution < 1.29 is 34.8 Å². The third-order valence-electron chi connectivity index (χ3n) is 17.3. The Kier molecular flexibility index (Phi) is 9.24. The van der Waals surface area contributed by atoms with E-state index in [1.54, 1.807) is 12.2 Å². The van der Waals surface area contributed by atoms with Crippen LogP contribution in [0, 0.1) is 56.7 Å². The summed E-state index contributed by atoms with van der Waals surface area (Å²) in [5, 5.41) is 49.5. The zero-order chi connectivity index (χ0) is 42.0. The van der Waals surface area contributed by atoms with Crippen molar-refractivity contribution in [2.75, 3.05) is 0 Å². The topological polar surface area (TPSA) is 197 Å². The maximum atomic E-state index is 15.8. The molecule has 3 saturated carbocycles. The number of benzene rings is 1. The highest BCUT2D eigenvalue weighted by molar-refractivity contribution is 6.02. The molecule has 0 saturated heterocycles. The van der Waals surface area contributed by atoms with Gasteiger partial charge < -0.3 is 31.9 Å². The minimum Gasteiger partial charge on any atom is -0.478 e. The fourth-order valence-electron chi connectivity index (χ4n) is 15.0. The summed E-state index contributed by atoms with van der Waals surface area (Å²) in [5.41, 5.74) is 6.04. The standard InChI is InChI=1S/C48H61N3O7/c1-27(40(55)56)24-33(52)36-28(2)45(21-18-32(36)51-41(49)50)26-46(57)22-23-47(58)31(17-16-29-12-8-7-9-13-29)38-42(3,4)35(54)19-20-43(38,5)37-34(53)25-48(45,30-14-10-11-15-30)44(46,6)39(37)47/h7-9,12-13,16-18,21-24,28,30-33,36,38,52,57-58H,10-11,14-15,19-20,25-26H2,1-6H3,(H,55,56)(H4,49,50,51)/t28-,31-,32+,33+,36+,38-,43+,44+,45-,46+,47-,48+/m0/s1. The number of aliphatic hydroxyl groups is 3. The average molecular weight is 792 g/mol. The number of carbonyl (C=O) groups is 3. The van der Waals surface area contributed by atoms with Crippen LogP contribution in [0.4, 0.5) is 0 Å². The van der Waals surface area contributed by atoms with Gasteiger partial charge in [-0.1, -0.05) is 108 Å². The molecule has 7 aliphatic carbocycles. The molecule has 0 radical (unpaired) electrons. The number of guanidine groups is 1. The van der Waals surface area contributed by atoms with E-state index < -0.39 is 80.1 Å². The van der Waals surface area contributed by atoms with Gasteiger partial charge in [-0.2, -0.15) is 0 Å². The van der Waals surface area contributed by atoms with Gasteiger partial charge in [0.05, 0.1) is 17.7 Å². The lowest BCUT2D eigenvalue weighted by Gasteiger charge is -2.70. The molecule has 0 unspecified atom stereocenters. The molecule has 310 valence electrons. The number of carboxylic acid groups (broad SMARTS) is 1. The van der Waals surface area contributed by atoms with Gasteiger partial charge in [0, 0.05) is 62.9 Å². The summed E-state index contributed by atoms with van der Waals surface area (Å²) < 4.78 is 0. The summed E-state index contributed by atoms with van der Waals surface area (Å²) in [6.45, 7) is 11.6. The van der Waals surface area contributed by atoms with Crippen LogP contribution < -0.4 is 11.5 Å². The van der Waals surface area contributed by atoms with Gasteiger partial charge in [0.15, 0.2) is 11.7 Å². The second-order valence-corrected chi connectivity index (χ2v) is 20.0. The SMILES string of the molecule is CC(=C[C@@H](O)[C@H]1[C@H](N=C(N)N)C=C[C@]2(C[C@]3(O)C=C[C@@]4(O)C5=C(C(=O)C[C@@]2(C2CCCC2)[C@]53C)[C@@]2(C)CCC(=O)C(C)(C)[C@@H]2[C@@H]4C=Cc2ccccc2)[C@H]1C)C(=O)O. The van der Waals surface area contributed by atoms with Crippen molar-refractivity contribution in [1.82, 2.24) is 0 Å². The summed E-state index contributed by atoms with van der Waals surface area (Å²) in [6.07, 6.45) is 16.3. The van der Waals surface area contributed by atoms with Gasteiger partial charge in [-0.15, -0.1) is 0 Å². The van der Waals surface area contributed by atoms with E-state index in [1.165, 1.54) is 13.0 Å². The van der Waals surface area contributed by atoms with Crippen molar-refractivity contribution in [2.45, 2.75) is 116 Å². The predicted molar refractivity (Wildman–Crippen MR) is 223 cm³/mol. The second kappa shape index (κ2) is 13.2. The number of ketones is 2. The van der Waals surface area contributed by atoms with E-state index in [9.17, 15) is 30.0 Å². The van der Waals surface area contributed by atoms with Crippen LogP contribution in [0.1, 0.15) is 98.5 Å². The number of hydrogen-bond acceptors (Lipinski definition) is 7. The molecule has 0 amide bonds. The molecule has 8 rings (SSSR count). The van der Waals surface area contributed by atoms with Gasteiger partial charge in [0.25, 0.3) is 0 Å². The van der Waals surface area contributed by atoms with Gasteiger partial charge >= 0.3 is 5.97 Å². The number of aliphatic imine (C=N–C) groups is 1. The Balaban J connectivity index is 1.43. The first kappa shape index (κ1) is 40.7. The normalized spacial score (nSPS) is 43.5. The molecule has 10 nitrogen and oxygen atoms in total. The fourth-order valence-corrected chi connectivity index (χ4v) is 15.0. The number of carboxylic acids is 1. The van der Waals surface area contributed by atoms with Crippen LogP contribution in [-0.4, -0.2) is 67.3 Å². The Labute approximate surface area is 342 Å².